The average Bonchev–Trinajstić information content (AvgIpc) is 2.39. The van der Waals surface area contributed by atoms with Crippen molar-refractivity contribution >= 4 is 15.9 Å². The Kier molecular flexibility index (Phi) is 4.72. The van der Waals surface area contributed by atoms with Crippen LogP contribution < -0.4 is 0 Å². The summed E-state index contributed by atoms with van der Waals surface area (Å²) in [5.41, 5.74) is 2.84. The smallest absolute Gasteiger partial charge is 0.127 e. The van der Waals surface area contributed by atoms with Crippen LogP contribution in [0.3, 0.4) is 0 Å². The third-order valence-corrected chi connectivity index (χ3v) is 3.74. The van der Waals surface area contributed by atoms with E-state index < -0.39 is 0 Å². The van der Waals surface area contributed by atoms with E-state index in [0.717, 1.165) is 10.0 Å². The summed E-state index contributed by atoms with van der Waals surface area (Å²) >= 11 is 3.24. The fourth-order valence-corrected chi connectivity index (χ4v) is 2.41. The molecule has 0 aliphatic heterocycles. The molecule has 0 heterocycles. The second-order valence-electron chi connectivity index (χ2n) is 4.73. The van der Waals surface area contributed by atoms with Crippen LogP contribution in [-0.2, 0) is 6.42 Å². The third kappa shape index (κ3) is 3.64. The number of aliphatic hydroxyl groups is 1. The highest BCUT2D eigenvalue weighted by molar-refractivity contribution is 9.10. The summed E-state index contributed by atoms with van der Waals surface area (Å²) in [4.78, 5) is 0. The lowest BCUT2D eigenvalue weighted by Gasteiger charge is -2.15. The molecule has 2 aromatic rings. The fraction of sp³-hybridized carbons (Fsp3) is 0.250. The van der Waals surface area contributed by atoms with E-state index in [1.54, 1.807) is 6.07 Å². The van der Waals surface area contributed by atoms with Crippen LogP contribution in [-0.4, -0.2) is 11.7 Å². The van der Waals surface area contributed by atoms with E-state index in [0.29, 0.717) is 12.0 Å². The molecule has 1 N–H and O–H groups in total. The van der Waals surface area contributed by atoms with E-state index in [-0.39, 0.29) is 18.3 Å². The van der Waals surface area contributed by atoms with Crippen molar-refractivity contribution in [2.24, 2.45) is 0 Å². The number of halogens is 2. The lowest BCUT2D eigenvalue weighted by atomic mass is 9.92. The Morgan fingerprint density at radius 1 is 1.16 bits per heavy atom. The van der Waals surface area contributed by atoms with Gasteiger partial charge in [0, 0.05) is 10.4 Å². The van der Waals surface area contributed by atoms with Crippen molar-refractivity contribution in [3.63, 3.8) is 0 Å². The molecule has 0 bridgehead atoms. The number of benzene rings is 2. The Morgan fingerprint density at radius 3 is 2.42 bits per heavy atom. The van der Waals surface area contributed by atoms with Gasteiger partial charge in [0.1, 0.15) is 5.82 Å². The molecule has 19 heavy (non-hydrogen) atoms. The zero-order valence-electron chi connectivity index (χ0n) is 10.7. The topological polar surface area (TPSA) is 20.2 Å². The lowest BCUT2D eigenvalue weighted by Crippen LogP contribution is -2.09. The molecule has 2 rings (SSSR count). The quantitative estimate of drug-likeness (QED) is 0.893. The molecule has 2 aromatic carbocycles. The molecule has 0 aromatic heterocycles. The van der Waals surface area contributed by atoms with Gasteiger partial charge in [0.25, 0.3) is 0 Å². The van der Waals surface area contributed by atoms with Crippen molar-refractivity contribution in [1.82, 2.24) is 0 Å². The van der Waals surface area contributed by atoms with E-state index in [1.807, 2.05) is 37.3 Å². The first kappa shape index (κ1) is 14.2. The average molecular weight is 323 g/mol. The van der Waals surface area contributed by atoms with Gasteiger partial charge in [-0.25, -0.2) is 4.39 Å². The molecule has 1 unspecified atom stereocenters. The number of aryl methyl sites for hydroxylation is 1. The normalized spacial score (nSPS) is 12.4. The molecule has 1 nitrogen and oxygen atoms in total. The highest BCUT2D eigenvalue weighted by atomic mass is 79.9. The highest BCUT2D eigenvalue weighted by Gasteiger charge is 2.14. The number of rotatable bonds is 4. The van der Waals surface area contributed by atoms with E-state index >= 15 is 0 Å². The SMILES string of the molecule is Cc1ccc(C(CO)Cc2ccc(Br)cc2F)cc1. The first-order chi connectivity index (χ1) is 9.10. The van der Waals surface area contributed by atoms with Gasteiger partial charge < -0.3 is 5.11 Å². The Hall–Kier alpha value is -1.19. The zero-order valence-corrected chi connectivity index (χ0v) is 12.3. The molecule has 100 valence electrons. The van der Waals surface area contributed by atoms with Crippen molar-refractivity contribution in [2.45, 2.75) is 19.3 Å². The van der Waals surface area contributed by atoms with Gasteiger partial charge in [0.05, 0.1) is 6.61 Å². The van der Waals surface area contributed by atoms with Gasteiger partial charge in [-0.2, -0.15) is 0 Å². The second kappa shape index (κ2) is 6.31. The monoisotopic (exact) mass is 322 g/mol. The Balaban J connectivity index is 2.21. The van der Waals surface area contributed by atoms with Crippen LogP contribution in [0.4, 0.5) is 4.39 Å². The van der Waals surface area contributed by atoms with Crippen molar-refractivity contribution in [2.75, 3.05) is 6.61 Å². The Bertz CT molecular complexity index is 551. The van der Waals surface area contributed by atoms with Crippen LogP contribution in [0, 0.1) is 12.7 Å². The Morgan fingerprint density at radius 2 is 1.84 bits per heavy atom. The maximum Gasteiger partial charge on any atom is 0.127 e. The third-order valence-electron chi connectivity index (χ3n) is 3.25. The molecular weight excluding hydrogens is 307 g/mol. The summed E-state index contributed by atoms with van der Waals surface area (Å²) in [6.07, 6.45) is 0.499. The minimum atomic E-state index is -0.236. The van der Waals surface area contributed by atoms with Gasteiger partial charge in [-0.05, 0) is 36.6 Å². The van der Waals surface area contributed by atoms with E-state index in [2.05, 4.69) is 15.9 Å². The van der Waals surface area contributed by atoms with E-state index in [1.165, 1.54) is 11.6 Å². The second-order valence-corrected chi connectivity index (χ2v) is 5.65. The number of hydrogen-bond acceptors (Lipinski definition) is 1. The molecule has 0 saturated carbocycles. The summed E-state index contributed by atoms with van der Waals surface area (Å²) in [6, 6.07) is 13.0. The zero-order chi connectivity index (χ0) is 13.8. The van der Waals surface area contributed by atoms with Crippen LogP contribution >= 0.6 is 15.9 Å². The molecule has 0 radical (unpaired) electrons. The first-order valence-electron chi connectivity index (χ1n) is 6.21. The maximum absolute atomic E-state index is 13.8. The molecule has 3 heteroatoms. The molecule has 1 atom stereocenters. The molecule has 0 aliphatic carbocycles. The number of hydrogen-bond donors (Lipinski definition) is 1. The number of aliphatic hydroxyl groups excluding tert-OH is 1. The summed E-state index contributed by atoms with van der Waals surface area (Å²) in [6.45, 7) is 2.03. The van der Waals surface area contributed by atoms with Crippen LogP contribution in [0.15, 0.2) is 46.9 Å². The van der Waals surface area contributed by atoms with Crippen molar-refractivity contribution in [3.8, 4) is 0 Å². The largest absolute Gasteiger partial charge is 0.396 e. The van der Waals surface area contributed by atoms with Gasteiger partial charge in [0.2, 0.25) is 0 Å². The molecule has 0 amide bonds. The molecule has 0 spiro atoms. The van der Waals surface area contributed by atoms with Crippen molar-refractivity contribution in [3.05, 3.63) is 69.4 Å². The first-order valence-corrected chi connectivity index (χ1v) is 7.01. The van der Waals surface area contributed by atoms with Gasteiger partial charge in [-0.15, -0.1) is 0 Å². The molecule has 0 aliphatic rings. The lowest BCUT2D eigenvalue weighted by molar-refractivity contribution is 0.263. The standard InChI is InChI=1S/C16H16BrFO/c1-11-2-4-12(5-3-11)14(10-19)8-13-6-7-15(17)9-16(13)18/h2-7,9,14,19H,8,10H2,1H3. The maximum atomic E-state index is 13.8. The van der Waals surface area contributed by atoms with Gasteiger partial charge in [-0.1, -0.05) is 51.8 Å². The minimum Gasteiger partial charge on any atom is -0.396 e. The summed E-state index contributed by atoms with van der Waals surface area (Å²) < 4.78 is 14.5. The predicted molar refractivity (Wildman–Crippen MR) is 78.8 cm³/mol. The Labute approximate surface area is 121 Å². The molecule has 0 saturated heterocycles. The summed E-state index contributed by atoms with van der Waals surface area (Å²) in [5.74, 6) is -0.309. The van der Waals surface area contributed by atoms with Gasteiger partial charge in [0.15, 0.2) is 0 Å². The van der Waals surface area contributed by atoms with E-state index in [9.17, 15) is 9.50 Å². The molecular formula is C16H16BrFO. The van der Waals surface area contributed by atoms with Crippen LogP contribution in [0.1, 0.15) is 22.6 Å². The summed E-state index contributed by atoms with van der Waals surface area (Å²) in [5, 5.41) is 9.52. The minimum absolute atomic E-state index is 0.0125. The van der Waals surface area contributed by atoms with E-state index in [4.69, 9.17) is 0 Å². The van der Waals surface area contributed by atoms with Crippen molar-refractivity contribution in [1.29, 1.82) is 0 Å². The van der Waals surface area contributed by atoms with Crippen LogP contribution in [0.25, 0.3) is 0 Å². The van der Waals surface area contributed by atoms with Crippen molar-refractivity contribution < 1.29 is 9.50 Å². The van der Waals surface area contributed by atoms with Gasteiger partial charge in [-0.3, -0.25) is 0 Å². The van der Waals surface area contributed by atoms with Crippen LogP contribution in [0.5, 0.6) is 0 Å². The van der Waals surface area contributed by atoms with Crippen LogP contribution in [0.2, 0.25) is 0 Å². The fourth-order valence-electron chi connectivity index (χ4n) is 2.08. The van der Waals surface area contributed by atoms with Gasteiger partial charge >= 0.3 is 0 Å². The highest BCUT2D eigenvalue weighted by Crippen LogP contribution is 2.24. The molecule has 0 fully saturated rings. The summed E-state index contributed by atoms with van der Waals surface area (Å²) in [7, 11) is 0. The predicted octanol–water partition coefficient (Wildman–Crippen LogP) is 4.22.